The van der Waals surface area contributed by atoms with Gasteiger partial charge in [0.1, 0.15) is 0 Å². The zero-order valence-corrected chi connectivity index (χ0v) is 11.8. The largest absolute Gasteiger partial charge is 0.0984 e. The van der Waals surface area contributed by atoms with Gasteiger partial charge in [0.15, 0.2) is 0 Å². The van der Waals surface area contributed by atoms with Crippen molar-refractivity contribution in [1.82, 2.24) is 0 Å². The third kappa shape index (κ3) is 1.74. The Labute approximate surface area is 116 Å². The lowest BCUT2D eigenvalue weighted by Gasteiger charge is -2.36. The Balaban J connectivity index is 2.25. The summed E-state index contributed by atoms with van der Waals surface area (Å²) < 4.78 is 0. The van der Waals surface area contributed by atoms with Gasteiger partial charge >= 0.3 is 0 Å². The topological polar surface area (TPSA) is 0 Å². The number of rotatable bonds is 2. The minimum atomic E-state index is 0.269. The Morgan fingerprint density at radius 3 is 2.53 bits per heavy atom. The summed E-state index contributed by atoms with van der Waals surface area (Å²) in [7, 11) is 0. The molecule has 1 aromatic carbocycles. The van der Waals surface area contributed by atoms with Gasteiger partial charge in [0, 0.05) is 5.41 Å². The molecule has 1 aromatic rings. The van der Waals surface area contributed by atoms with Crippen LogP contribution in [0.25, 0.3) is 5.57 Å². The maximum absolute atomic E-state index is 4.06. The molecular formula is C19H22. The predicted molar refractivity (Wildman–Crippen MR) is 83.1 cm³/mol. The Morgan fingerprint density at radius 1 is 1.11 bits per heavy atom. The van der Waals surface area contributed by atoms with E-state index in [2.05, 4.69) is 56.0 Å². The fraction of sp³-hybridized carbons (Fsp3) is 0.368. The molecule has 3 rings (SSSR count). The molecule has 0 nitrogen and oxygen atoms in total. The first-order valence-electron chi connectivity index (χ1n) is 7.43. The summed E-state index contributed by atoms with van der Waals surface area (Å²) in [5.41, 5.74) is 6.08. The minimum absolute atomic E-state index is 0.269. The molecule has 2 aliphatic rings. The van der Waals surface area contributed by atoms with Crippen LogP contribution in [-0.4, -0.2) is 0 Å². The van der Waals surface area contributed by atoms with Crippen molar-refractivity contribution in [2.24, 2.45) is 0 Å². The first kappa shape index (κ1) is 12.5. The molecule has 0 aliphatic heterocycles. The summed E-state index contributed by atoms with van der Waals surface area (Å²) in [6.07, 6.45) is 13.2. The second-order valence-electron chi connectivity index (χ2n) is 5.72. The van der Waals surface area contributed by atoms with E-state index in [4.69, 9.17) is 0 Å². The Hall–Kier alpha value is -1.56. The molecule has 1 fully saturated rings. The van der Waals surface area contributed by atoms with E-state index in [1.807, 2.05) is 0 Å². The lowest BCUT2D eigenvalue weighted by molar-refractivity contribution is 0.350. The molecule has 2 aliphatic carbocycles. The Morgan fingerprint density at radius 2 is 1.84 bits per heavy atom. The van der Waals surface area contributed by atoms with E-state index in [1.165, 1.54) is 54.4 Å². The number of benzene rings is 1. The van der Waals surface area contributed by atoms with Crippen molar-refractivity contribution in [3.63, 3.8) is 0 Å². The van der Waals surface area contributed by atoms with Crippen molar-refractivity contribution in [3.05, 3.63) is 65.8 Å². The Kier molecular flexibility index (Phi) is 3.18. The number of hydrogen-bond acceptors (Lipinski definition) is 0. The van der Waals surface area contributed by atoms with E-state index < -0.39 is 0 Å². The number of allylic oxidation sites excluding steroid dienone is 5. The average molecular weight is 250 g/mol. The molecular weight excluding hydrogens is 228 g/mol. The van der Waals surface area contributed by atoms with Gasteiger partial charge in [0.25, 0.3) is 0 Å². The molecule has 0 radical (unpaired) electrons. The van der Waals surface area contributed by atoms with Gasteiger partial charge in [-0.1, -0.05) is 68.3 Å². The normalized spacial score (nSPS) is 21.1. The van der Waals surface area contributed by atoms with Crippen molar-refractivity contribution in [2.45, 2.75) is 44.4 Å². The molecule has 0 saturated heterocycles. The highest BCUT2D eigenvalue weighted by Gasteiger charge is 2.43. The molecule has 0 amide bonds. The molecule has 1 spiro atoms. The molecule has 0 bridgehead atoms. The SMILES string of the molecule is C=CC1=C(/C=C\C)C2(CCCCC2)c2ccccc21. The van der Waals surface area contributed by atoms with E-state index in [-0.39, 0.29) is 5.41 Å². The van der Waals surface area contributed by atoms with Crippen molar-refractivity contribution in [2.75, 3.05) is 0 Å². The van der Waals surface area contributed by atoms with Gasteiger partial charge < -0.3 is 0 Å². The van der Waals surface area contributed by atoms with Gasteiger partial charge in [0.05, 0.1) is 0 Å². The lowest BCUT2D eigenvalue weighted by atomic mass is 9.67. The van der Waals surface area contributed by atoms with E-state index in [0.29, 0.717) is 0 Å². The zero-order chi connectivity index (χ0) is 13.3. The monoisotopic (exact) mass is 250 g/mol. The van der Waals surface area contributed by atoms with Crippen LogP contribution in [0.5, 0.6) is 0 Å². The fourth-order valence-electron chi connectivity index (χ4n) is 4.01. The summed E-state index contributed by atoms with van der Waals surface area (Å²) in [5.74, 6) is 0. The quantitative estimate of drug-likeness (QED) is 0.657. The number of fused-ring (bicyclic) bond motifs is 2. The Bertz CT molecular complexity index is 551. The summed E-state index contributed by atoms with van der Waals surface area (Å²) in [4.78, 5) is 0. The second-order valence-corrected chi connectivity index (χ2v) is 5.72. The molecule has 1 saturated carbocycles. The van der Waals surface area contributed by atoms with Crippen molar-refractivity contribution < 1.29 is 0 Å². The molecule has 19 heavy (non-hydrogen) atoms. The zero-order valence-electron chi connectivity index (χ0n) is 11.8. The van der Waals surface area contributed by atoms with Crippen LogP contribution < -0.4 is 0 Å². The first-order chi connectivity index (χ1) is 9.33. The third-order valence-electron chi connectivity index (χ3n) is 4.78. The fourth-order valence-corrected chi connectivity index (χ4v) is 4.01. The molecule has 0 heteroatoms. The molecule has 0 N–H and O–H groups in total. The summed E-state index contributed by atoms with van der Waals surface area (Å²) >= 11 is 0. The van der Waals surface area contributed by atoms with Crippen LogP contribution in [0, 0.1) is 0 Å². The minimum Gasteiger partial charge on any atom is -0.0984 e. The summed E-state index contributed by atoms with van der Waals surface area (Å²) in [5, 5.41) is 0. The van der Waals surface area contributed by atoms with Crippen LogP contribution in [-0.2, 0) is 5.41 Å². The van der Waals surface area contributed by atoms with Crippen LogP contribution in [0.2, 0.25) is 0 Å². The lowest BCUT2D eigenvalue weighted by Crippen LogP contribution is -2.28. The van der Waals surface area contributed by atoms with E-state index in [1.54, 1.807) is 0 Å². The van der Waals surface area contributed by atoms with Gasteiger partial charge in [0.2, 0.25) is 0 Å². The molecule has 0 atom stereocenters. The average Bonchev–Trinajstić information content (AvgIpc) is 2.71. The first-order valence-corrected chi connectivity index (χ1v) is 7.43. The molecule has 0 unspecified atom stereocenters. The maximum Gasteiger partial charge on any atom is 0.0215 e. The van der Waals surface area contributed by atoms with E-state index >= 15 is 0 Å². The standard InChI is InChI=1S/C19H22/c1-3-10-17-15(4-2)16-11-6-7-12-18(16)19(17)13-8-5-9-14-19/h3-4,6-7,10-12H,2,5,8-9,13-14H2,1H3/b10-3-. The van der Waals surface area contributed by atoms with Gasteiger partial charge in [-0.05, 0) is 42.0 Å². The third-order valence-corrected chi connectivity index (χ3v) is 4.78. The summed E-state index contributed by atoms with van der Waals surface area (Å²) in [6, 6.07) is 8.94. The highest BCUT2D eigenvalue weighted by molar-refractivity contribution is 5.87. The van der Waals surface area contributed by atoms with Crippen LogP contribution >= 0.6 is 0 Å². The molecule has 0 heterocycles. The highest BCUT2D eigenvalue weighted by atomic mass is 14.5. The van der Waals surface area contributed by atoms with Gasteiger partial charge in [-0.15, -0.1) is 0 Å². The molecule has 98 valence electrons. The van der Waals surface area contributed by atoms with E-state index in [9.17, 15) is 0 Å². The van der Waals surface area contributed by atoms with Crippen molar-refractivity contribution in [1.29, 1.82) is 0 Å². The van der Waals surface area contributed by atoms with Crippen molar-refractivity contribution in [3.8, 4) is 0 Å². The van der Waals surface area contributed by atoms with Crippen LogP contribution in [0.4, 0.5) is 0 Å². The van der Waals surface area contributed by atoms with Crippen LogP contribution in [0.1, 0.15) is 50.2 Å². The number of hydrogen-bond donors (Lipinski definition) is 0. The van der Waals surface area contributed by atoms with Crippen LogP contribution in [0.3, 0.4) is 0 Å². The maximum atomic E-state index is 4.06. The predicted octanol–water partition coefficient (Wildman–Crippen LogP) is 5.42. The smallest absolute Gasteiger partial charge is 0.0215 e. The van der Waals surface area contributed by atoms with Crippen molar-refractivity contribution >= 4 is 5.57 Å². The van der Waals surface area contributed by atoms with Gasteiger partial charge in [-0.25, -0.2) is 0 Å². The van der Waals surface area contributed by atoms with Gasteiger partial charge in [-0.2, -0.15) is 0 Å². The molecule has 0 aromatic heterocycles. The summed E-state index contributed by atoms with van der Waals surface area (Å²) in [6.45, 7) is 6.18. The van der Waals surface area contributed by atoms with E-state index in [0.717, 1.165) is 0 Å². The van der Waals surface area contributed by atoms with Gasteiger partial charge in [-0.3, -0.25) is 0 Å². The highest BCUT2D eigenvalue weighted by Crippen LogP contribution is 2.54. The second kappa shape index (κ2) is 4.85. The van der Waals surface area contributed by atoms with Crippen LogP contribution in [0.15, 0.2) is 54.6 Å².